The van der Waals surface area contributed by atoms with Crippen LogP contribution in [0.3, 0.4) is 0 Å². The topological polar surface area (TPSA) is 83.3 Å². The number of methoxy groups -OCH3 is 1. The highest BCUT2D eigenvalue weighted by Gasteiger charge is 2.34. The standard InChI is InChI=1S/C22H21N3O4/c1-29-22(28)19-14-25(9-10-26)21(27)20(19)23-17-6-4-5-15(11-17)16-12-18-7-2-3-8-24(18)13-16/h2-8,11-13,23,26H,9-10,14H2,1H3. The number of esters is 1. The van der Waals surface area contributed by atoms with Crippen LogP contribution in [0.1, 0.15) is 0 Å². The van der Waals surface area contributed by atoms with Gasteiger partial charge in [0.05, 0.1) is 25.8 Å². The second kappa shape index (κ2) is 7.81. The first-order valence-electron chi connectivity index (χ1n) is 9.26. The number of nitrogens with zero attached hydrogens (tertiary/aromatic N) is 2. The first-order chi connectivity index (χ1) is 14.1. The lowest BCUT2D eigenvalue weighted by Gasteiger charge is -2.15. The second-order valence-electron chi connectivity index (χ2n) is 6.76. The number of benzene rings is 1. The number of hydrogen-bond donors (Lipinski definition) is 2. The maximum Gasteiger partial charge on any atom is 0.337 e. The van der Waals surface area contributed by atoms with E-state index in [0.717, 1.165) is 16.6 Å². The van der Waals surface area contributed by atoms with Crippen LogP contribution in [0.4, 0.5) is 5.69 Å². The van der Waals surface area contributed by atoms with Crippen molar-refractivity contribution in [2.75, 3.05) is 32.1 Å². The van der Waals surface area contributed by atoms with Gasteiger partial charge in [0.2, 0.25) is 0 Å². The maximum absolute atomic E-state index is 12.7. The molecule has 0 atom stereocenters. The van der Waals surface area contributed by atoms with Crippen molar-refractivity contribution < 1.29 is 19.4 Å². The molecular weight excluding hydrogens is 370 g/mol. The van der Waals surface area contributed by atoms with Crippen molar-refractivity contribution >= 4 is 23.1 Å². The summed E-state index contributed by atoms with van der Waals surface area (Å²) in [5.74, 6) is -0.893. The summed E-state index contributed by atoms with van der Waals surface area (Å²) < 4.78 is 6.86. The molecule has 3 heterocycles. The van der Waals surface area contributed by atoms with Crippen molar-refractivity contribution in [1.82, 2.24) is 9.30 Å². The van der Waals surface area contributed by atoms with Crippen molar-refractivity contribution in [2.24, 2.45) is 0 Å². The molecule has 0 saturated carbocycles. The molecule has 7 heteroatoms. The number of carbonyl (C=O) groups is 2. The van der Waals surface area contributed by atoms with Gasteiger partial charge in [0.25, 0.3) is 5.91 Å². The smallest absolute Gasteiger partial charge is 0.337 e. The number of rotatable bonds is 6. The number of aliphatic hydroxyl groups is 1. The fourth-order valence-corrected chi connectivity index (χ4v) is 3.48. The average Bonchev–Trinajstić information content (AvgIpc) is 3.31. The molecule has 148 valence electrons. The minimum atomic E-state index is -0.559. The molecule has 7 nitrogen and oxygen atoms in total. The molecule has 1 aromatic carbocycles. The summed E-state index contributed by atoms with van der Waals surface area (Å²) in [5.41, 5.74) is 4.24. The van der Waals surface area contributed by atoms with Gasteiger partial charge in [-0.15, -0.1) is 0 Å². The zero-order chi connectivity index (χ0) is 20.4. The molecule has 2 aromatic heterocycles. The molecule has 1 amide bonds. The molecule has 0 radical (unpaired) electrons. The number of hydrogen-bond acceptors (Lipinski definition) is 5. The van der Waals surface area contributed by atoms with Crippen molar-refractivity contribution in [3.8, 4) is 11.1 Å². The normalized spacial score (nSPS) is 14.0. The number of anilines is 1. The monoisotopic (exact) mass is 391 g/mol. The van der Waals surface area contributed by atoms with Crippen LogP contribution in [-0.2, 0) is 14.3 Å². The summed E-state index contributed by atoms with van der Waals surface area (Å²) in [6, 6.07) is 15.7. The van der Waals surface area contributed by atoms with Crippen LogP contribution in [0.2, 0.25) is 0 Å². The van der Waals surface area contributed by atoms with Gasteiger partial charge < -0.3 is 24.5 Å². The Balaban J connectivity index is 1.65. The minimum Gasteiger partial charge on any atom is -0.466 e. The Morgan fingerprint density at radius 1 is 1.17 bits per heavy atom. The Morgan fingerprint density at radius 3 is 2.79 bits per heavy atom. The lowest BCUT2D eigenvalue weighted by molar-refractivity contribution is -0.136. The number of β-amino-alcohol motifs (C(OH)–C–C–N with tert-alkyl or cyclic N) is 1. The van der Waals surface area contributed by atoms with Crippen LogP contribution >= 0.6 is 0 Å². The molecule has 0 spiro atoms. The maximum atomic E-state index is 12.7. The molecule has 29 heavy (non-hydrogen) atoms. The summed E-state index contributed by atoms with van der Waals surface area (Å²) in [6.07, 6.45) is 4.03. The summed E-state index contributed by atoms with van der Waals surface area (Å²) in [5, 5.41) is 12.3. The van der Waals surface area contributed by atoms with Crippen LogP contribution in [0.5, 0.6) is 0 Å². The largest absolute Gasteiger partial charge is 0.466 e. The van der Waals surface area contributed by atoms with Crippen LogP contribution in [0.15, 0.2) is 72.2 Å². The number of nitrogens with one attached hydrogen (secondary N) is 1. The first-order valence-corrected chi connectivity index (χ1v) is 9.26. The van der Waals surface area contributed by atoms with Crippen molar-refractivity contribution in [1.29, 1.82) is 0 Å². The van der Waals surface area contributed by atoms with Crippen LogP contribution in [-0.4, -0.2) is 53.1 Å². The Labute approximate surface area is 167 Å². The molecule has 2 N–H and O–H groups in total. The van der Waals surface area contributed by atoms with Gasteiger partial charge in [0.15, 0.2) is 0 Å². The van der Waals surface area contributed by atoms with E-state index in [-0.39, 0.29) is 36.9 Å². The zero-order valence-corrected chi connectivity index (χ0v) is 16.0. The molecule has 3 aromatic rings. The number of aromatic nitrogens is 1. The fourth-order valence-electron chi connectivity index (χ4n) is 3.48. The van der Waals surface area contributed by atoms with Crippen molar-refractivity contribution in [3.05, 3.63) is 72.2 Å². The number of carbonyl (C=O) groups excluding carboxylic acids is 2. The third-order valence-electron chi connectivity index (χ3n) is 4.92. The summed E-state index contributed by atoms with van der Waals surface area (Å²) in [4.78, 5) is 26.2. The summed E-state index contributed by atoms with van der Waals surface area (Å²) in [6.45, 7) is 0.0893. The third-order valence-corrected chi connectivity index (χ3v) is 4.92. The predicted molar refractivity (Wildman–Crippen MR) is 109 cm³/mol. The van der Waals surface area contributed by atoms with E-state index in [2.05, 4.69) is 11.4 Å². The van der Waals surface area contributed by atoms with Gasteiger partial charge in [-0.3, -0.25) is 4.79 Å². The number of pyridine rings is 1. The lowest BCUT2D eigenvalue weighted by Crippen LogP contribution is -2.31. The highest BCUT2D eigenvalue weighted by Crippen LogP contribution is 2.28. The first kappa shape index (κ1) is 18.8. The van der Waals surface area contributed by atoms with Gasteiger partial charge in [-0.2, -0.15) is 0 Å². The highest BCUT2D eigenvalue weighted by atomic mass is 16.5. The van der Waals surface area contributed by atoms with Crippen molar-refractivity contribution in [2.45, 2.75) is 0 Å². The molecular formula is C22H21N3O4. The molecule has 0 aliphatic carbocycles. The van der Waals surface area contributed by atoms with E-state index >= 15 is 0 Å². The number of aliphatic hydroxyl groups excluding tert-OH is 1. The Kier molecular flexibility index (Phi) is 5.05. The number of ether oxygens (including phenoxy) is 1. The third kappa shape index (κ3) is 3.60. The molecule has 1 aliphatic rings. The van der Waals surface area contributed by atoms with E-state index in [9.17, 15) is 14.7 Å². The van der Waals surface area contributed by atoms with Gasteiger partial charge in [0.1, 0.15) is 5.70 Å². The van der Waals surface area contributed by atoms with E-state index < -0.39 is 5.97 Å². The number of amides is 1. The summed E-state index contributed by atoms with van der Waals surface area (Å²) >= 11 is 0. The van der Waals surface area contributed by atoms with Crippen LogP contribution in [0.25, 0.3) is 16.6 Å². The Morgan fingerprint density at radius 2 is 2.03 bits per heavy atom. The fraction of sp³-hybridized carbons (Fsp3) is 0.182. The van der Waals surface area contributed by atoms with E-state index in [0.29, 0.717) is 5.69 Å². The quantitative estimate of drug-likeness (QED) is 0.630. The van der Waals surface area contributed by atoms with E-state index in [1.54, 1.807) is 0 Å². The predicted octanol–water partition coefficient (Wildman–Crippen LogP) is 2.28. The Hall–Kier alpha value is -3.58. The van der Waals surface area contributed by atoms with Gasteiger partial charge in [-0.05, 0) is 35.9 Å². The molecule has 1 aliphatic heterocycles. The summed E-state index contributed by atoms with van der Waals surface area (Å²) in [7, 11) is 1.28. The highest BCUT2D eigenvalue weighted by molar-refractivity contribution is 6.08. The molecule has 0 fully saturated rings. The van der Waals surface area contributed by atoms with Gasteiger partial charge in [-0.1, -0.05) is 18.2 Å². The zero-order valence-electron chi connectivity index (χ0n) is 16.0. The van der Waals surface area contributed by atoms with Gasteiger partial charge in [0, 0.05) is 35.7 Å². The molecule has 0 saturated heterocycles. The van der Waals surface area contributed by atoms with E-state index in [1.807, 2.05) is 59.3 Å². The average molecular weight is 391 g/mol. The van der Waals surface area contributed by atoms with Crippen molar-refractivity contribution in [3.63, 3.8) is 0 Å². The van der Waals surface area contributed by atoms with Gasteiger partial charge in [-0.25, -0.2) is 4.79 Å². The number of fused-ring (bicyclic) bond motifs is 1. The van der Waals surface area contributed by atoms with E-state index in [1.165, 1.54) is 12.0 Å². The molecule has 0 unspecified atom stereocenters. The van der Waals surface area contributed by atoms with Crippen LogP contribution in [0, 0.1) is 0 Å². The second-order valence-corrected chi connectivity index (χ2v) is 6.76. The van der Waals surface area contributed by atoms with Crippen LogP contribution < -0.4 is 5.32 Å². The van der Waals surface area contributed by atoms with E-state index in [4.69, 9.17) is 4.74 Å². The molecule has 4 rings (SSSR count). The lowest BCUT2D eigenvalue weighted by atomic mass is 10.1. The Bertz CT molecular complexity index is 1080. The minimum absolute atomic E-state index is 0.110. The van der Waals surface area contributed by atoms with Gasteiger partial charge >= 0.3 is 5.97 Å². The molecule has 0 bridgehead atoms. The SMILES string of the molecule is COC(=O)C1=C(Nc2cccc(-c3cc4ccccn4c3)c2)C(=O)N(CCO)C1.